The van der Waals surface area contributed by atoms with Crippen LogP contribution in [0.15, 0.2) is 60.0 Å². The van der Waals surface area contributed by atoms with E-state index in [2.05, 4.69) is 26.2 Å². The van der Waals surface area contributed by atoms with E-state index in [1.807, 2.05) is 55.6 Å². The number of nitrogens with one attached hydrogen (secondary N) is 2. The van der Waals surface area contributed by atoms with Crippen molar-refractivity contribution in [2.45, 2.75) is 20.4 Å². The second-order valence-corrected chi connectivity index (χ2v) is 7.90. The summed E-state index contributed by atoms with van der Waals surface area (Å²) in [5.74, 6) is 0.329. The summed E-state index contributed by atoms with van der Waals surface area (Å²) >= 11 is 1.40. The number of hydrogen-bond donors (Lipinski definition) is 2. The Bertz CT molecular complexity index is 1220. The molecule has 0 saturated heterocycles. The Morgan fingerprint density at radius 2 is 1.84 bits per heavy atom. The molecular formula is C22H20N6O2S. The van der Waals surface area contributed by atoms with E-state index in [-0.39, 0.29) is 11.8 Å². The van der Waals surface area contributed by atoms with E-state index in [1.54, 1.807) is 22.9 Å². The molecule has 0 aliphatic rings. The second kappa shape index (κ2) is 8.88. The molecule has 9 heteroatoms. The molecule has 2 amide bonds. The number of tetrazole rings is 1. The van der Waals surface area contributed by atoms with E-state index in [9.17, 15) is 9.59 Å². The maximum Gasteiger partial charge on any atom is 0.261 e. The molecule has 4 rings (SSSR count). The Hall–Kier alpha value is -3.85. The number of aromatic nitrogens is 4. The van der Waals surface area contributed by atoms with Crippen LogP contribution in [-0.2, 0) is 6.54 Å². The van der Waals surface area contributed by atoms with Crippen LogP contribution in [0.1, 0.15) is 37.0 Å². The quantitative estimate of drug-likeness (QED) is 0.485. The molecule has 156 valence electrons. The molecule has 0 atom stereocenters. The normalized spacial score (nSPS) is 10.6. The van der Waals surface area contributed by atoms with Crippen molar-refractivity contribution in [3.05, 3.63) is 87.4 Å². The fourth-order valence-electron chi connectivity index (χ4n) is 3.02. The first-order valence-electron chi connectivity index (χ1n) is 9.59. The van der Waals surface area contributed by atoms with Crippen LogP contribution < -0.4 is 10.6 Å². The zero-order valence-electron chi connectivity index (χ0n) is 17.0. The number of thiophene rings is 1. The third-order valence-corrected chi connectivity index (χ3v) is 5.60. The Kier molecular flexibility index (Phi) is 5.85. The minimum absolute atomic E-state index is 0.107. The first-order valence-corrected chi connectivity index (χ1v) is 10.5. The van der Waals surface area contributed by atoms with Gasteiger partial charge in [0.15, 0.2) is 5.82 Å². The van der Waals surface area contributed by atoms with Gasteiger partial charge >= 0.3 is 0 Å². The van der Waals surface area contributed by atoms with E-state index in [0.717, 1.165) is 16.8 Å². The minimum atomic E-state index is -0.225. The van der Waals surface area contributed by atoms with E-state index in [0.29, 0.717) is 28.5 Å². The molecule has 0 bridgehead atoms. The van der Waals surface area contributed by atoms with Gasteiger partial charge < -0.3 is 10.6 Å². The summed E-state index contributed by atoms with van der Waals surface area (Å²) in [4.78, 5) is 25.4. The molecule has 2 heterocycles. The second-order valence-electron chi connectivity index (χ2n) is 6.95. The number of benzene rings is 2. The van der Waals surface area contributed by atoms with Crippen LogP contribution >= 0.6 is 11.3 Å². The molecule has 0 fully saturated rings. The molecule has 4 aromatic rings. The van der Waals surface area contributed by atoms with Gasteiger partial charge in [0.1, 0.15) is 0 Å². The van der Waals surface area contributed by atoms with Crippen LogP contribution in [0.2, 0.25) is 0 Å². The van der Waals surface area contributed by atoms with Gasteiger partial charge in [0.25, 0.3) is 11.8 Å². The highest BCUT2D eigenvalue weighted by Gasteiger charge is 2.11. The Labute approximate surface area is 182 Å². The lowest BCUT2D eigenvalue weighted by Crippen LogP contribution is -2.21. The van der Waals surface area contributed by atoms with E-state index in [1.165, 1.54) is 11.3 Å². The summed E-state index contributed by atoms with van der Waals surface area (Å²) in [6, 6.07) is 16.3. The Morgan fingerprint density at radius 1 is 1.03 bits per heavy atom. The number of amides is 2. The fraction of sp³-hybridized carbons (Fsp3) is 0.136. The van der Waals surface area contributed by atoms with Gasteiger partial charge in [-0.25, -0.2) is 0 Å². The van der Waals surface area contributed by atoms with Crippen molar-refractivity contribution in [2.75, 3.05) is 5.32 Å². The molecule has 31 heavy (non-hydrogen) atoms. The van der Waals surface area contributed by atoms with Crippen molar-refractivity contribution in [3.8, 4) is 5.69 Å². The molecule has 0 aliphatic heterocycles. The maximum atomic E-state index is 12.7. The number of carbonyl (C=O) groups is 2. The monoisotopic (exact) mass is 432 g/mol. The summed E-state index contributed by atoms with van der Waals surface area (Å²) in [6.07, 6.45) is 0. The average Bonchev–Trinajstić information content (AvgIpc) is 3.46. The standard InChI is InChI=1S/C22H20N6O2S/c1-14-5-10-18(12-19(14)28-15(2)25-26-27-28)24-21(29)17-8-6-16(7-9-17)13-23-22(30)20-4-3-11-31-20/h3-12H,13H2,1-2H3,(H,23,30)(H,24,29). The summed E-state index contributed by atoms with van der Waals surface area (Å²) in [5, 5.41) is 19.2. The Morgan fingerprint density at radius 3 is 2.52 bits per heavy atom. The Balaban J connectivity index is 1.41. The predicted octanol–water partition coefficient (Wildman–Crippen LogP) is 3.52. The van der Waals surface area contributed by atoms with Crippen LogP contribution in [0, 0.1) is 13.8 Å². The third kappa shape index (κ3) is 4.67. The van der Waals surface area contributed by atoms with Crippen molar-refractivity contribution >= 4 is 28.8 Å². The lowest BCUT2D eigenvalue weighted by Gasteiger charge is -2.11. The van der Waals surface area contributed by atoms with Gasteiger partial charge in [0.2, 0.25) is 0 Å². The van der Waals surface area contributed by atoms with Gasteiger partial charge in [-0.05, 0) is 71.1 Å². The number of hydrogen-bond acceptors (Lipinski definition) is 6. The zero-order valence-corrected chi connectivity index (χ0v) is 17.8. The molecule has 2 N–H and O–H groups in total. The number of aryl methyl sites for hydroxylation is 2. The van der Waals surface area contributed by atoms with E-state index < -0.39 is 0 Å². The molecule has 2 aromatic heterocycles. The van der Waals surface area contributed by atoms with Crippen LogP contribution in [0.25, 0.3) is 5.69 Å². The topological polar surface area (TPSA) is 102 Å². The third-order valence-electron chi connectivity index (χ3n) is 4.73. The number of carbonyl (C=O) groups excluding carboxylic acids is 2. The van der Waals surface area contributed by atoms with Gasteiger partial charge in [0.05, 0.1) is 10.6 Å². The fourth-order valence-corrected chi connectivity index (χ4v) is 3.66. The van der Waals surface area contributed by atoms with Crippen LogP contribution in [0.3, 0.4) is 0 Å². The first kappa shape index (κ1) is 20.4. The summed E-state index contributed by atoms with van der Waals surface area (Å²) in [7, 11) is 0. The highest BCUT2D eigenvalue weighted by molar-refractivity contribution is 7.12. The highest BCUT2D eigenvalue weighted by Crippen LogP contribution is 2.20. The van der Waals surface area contributed by atoms with Gasteiger partial charge in [-0.2, -0.15) is 4.68 Å². The molecular weight excluding hydrogens is 412 g/mol. The minimum Gasteiger partial charge on any atom is -0.347 e. The molecule has 8 nitrogen and oxygen atoms in total. The number of rotatable bonds is 6. The molecule has 0 spiro atoms. The average molecular weight is 433 g/mol. The SMILES string of the molecule is Cc1ccc(NC(=O)c2ccc(CNC(=O)c3cccs3)cc2)cc1-n1nnnc1C. The zero-order chi connectivity index (χ0) is 21.8. The molecule has 2 aromatic carbocycles. The molecule has 0 saturated carbocycles. The summed E-state index contributed by atoms with van der Waals surface area (Å²) in [5.41, 5.74) is 3.87. The molecule has 0 radical (unpaired) electrons. The smallest absolute Gasteiger partial charge is 0.261 e. The van der Waals surface area contributed by atoms with Gasteiger partial charge in [-0.3, -0.25) is 9.59 Å². The molecule has 0 aliphatic carbocycles. The van der Waals surface area contributed by atoms with Crippen molar-refractivity contribution < 1.29 is 9.59 Å². The largest absolute Gasteiger partial charge is 0.347 e. The molecule has 0 unspecified atom stereocenters. The van der Waals surface area contributed by atoms with Gasteiger partial charge in [-0.1, -0.05) is 24.3 Å². The van der Waals surface area contributed by atoms with Crippen LogP contribution in [0.5, 0.6) is 0 Å². The number of anilines is 1. The van der Waals surface area contributed by atoms with Crippen LogP contribution in [-0.4, -0.2) is 32.0 Å². The van der Waals surface area contributed by atoms with E-state index in [4.69, 9.17) is 0 Å². The van der Waals surface area contributed by atoms with Crippen molar-refractivity contribution in [3.63, 3.8) is 0 Å². The first-order chi connectivity index (χ1) is 15.0. The predicted molar refractivity (Wildman–Crippen MR) is 119 cm³/mol. The lowest BCUT2D eigenvalue weighted by molar-refractivity contribution is 0.0953. The van der Waals surface area contributed by atoms with Crippen LogP contribution in [0.4, 0.5) is 5.69 Å². The van der Waals surface area contributed by atoms with Crippen molar-refractivity contribution in [1.29, 1.82) is 0 Å². The highest BCUT2D eigenvalue weighted by atomic mass is 32.1. The lowest BCUT2D eigenvalue weighted by atomic mass is 10.1. The summed E-state index contributed by atoms with van der Waals surface area (Å²) < 4.78 is 1.63. The summed E-state index contributed by atoms with van der Waals surface area (Å²) in [6.45, 7) is 4.17. The van der Waals surface area contributed by atoms with Crippen molar-refractivity contribution in [2.24, 2.45) is 0 Å². The van der Waals surface area contributed by atoms with Crippen molar-refractivity contribution in [1.82, 2.24) is 25.5 Å². The van der Waals surface area contributed by atoms with E-state index >= 15 is 0 Å². The van der Waals surface area contributed by atoms with Gasteiger partial charge in [0, 0.05) is 17.8 Å². The number of nitrogens with zero attached hydrogens (tertiary/aromatic N) is 4. The van der Waals surface area contributed by atoms with Gasteiger partial charge in [-0.15, -0.1) is 16.4 Å². The maximum absolute atomic E-state index is 12.7.